The molecule has 0 aliphatic heterocycles. The van der Waals surface area contributed by atoms with E-state index in [0.29, 0.717) is 13.1 Å². The number of hydrogen-bond donors (Lipinski definition) is 1. The van der Waals surface area contributed by atoms with Crippen molar-refractivity contribution in [2.24, 2.45) is 5.73 Å². The zero-order chi connectivity index (χ0) is 14.4. The van der Waals surface area contributed by atoms with E-state index in [0.717, 1.165) is 24.1 Å². The van der Waals surface area contributed by atoms with Gasteiger partial charge in [0.2, 0.25) is 0 Å². The predicted octanol–water partition coefficient (Wildman–Crippen LogP) is 2.19. The van der Waals surface area contributed by atoms with Crippen LogP contribution in [0.5, 0.6) is 0 Å². The number of aromatic nitrogens is 2. The van der Waals surface area contributed by atoms with E-state index in [-0.39, 0.29) is 6.03 Å². The maximum atomic E-state index is 12.2. The zero-order valence-electron chi connectivity index (χ0n) is 11.7. The number of rotatable bonds is 5. The molecule has 0 fully saturated rings. The lowest BCUT2D eigenvalue weighted by atomic mass is 10.2. The summed E-state index contributed by atoms with van der Waals surface area (Å²) in [7, 11) is 1.79. The van der Waals surface area contributed by atoms with E-state index in [9.17, 15) is 4.79 Å². The van der Waals surface area contributed by atoms with Crippen LogP contribution in [0.25, 0.3) is 11.3 Å². The van der Waals surface area contributed by atoms with E-state index < -0.39 is 0 Å². The Balaban J connectivity index is 2.03. The van der Waals surface area contributed by atoms with Crippen molar-refractivity contribution in [3.05, 3.63) is 42.9 Å². The maximum Gasteiger partial charge on any atom is 0.329 e. The summed E-state index contributed by atoms with van der Waals surface area (Å²) in [5.74, 6) is 0. The van der Waals surface area contributed by atoms with E-state index in [1.807, 2.05) is 30.3 Å². The first-order valence-electron chi connectivity index (χ1n) is 6.77. The summed E-state index contributed by atoms with van der Waals surface area (Å²) in [6.07, 6.45) is 5.16. The van der Waals surface area contributed by atoms with Crippen molar-refractivity contribution >= 4 is 6.03 Å². The first-order chi connectivity index (χ1) is 9.72. The molecule has 0 atom stereocenters. The fourth-order valence-corrected chi connectivity index (χ4v) is 1.97. The Labute approximate surface area is 119 Å². The number of unbranched alkanes of at least 4 members (excludes halogenated alkanes) is 1. The molecule has 0 unspecified atom stereocenters. The third-order valence-electron chi connectivity index (χ3n) is 3.15. The van der Waals surface area contributed by atoms with Crippen LogP contribution in [0, 0.1) is 0 Å². The van der Waals surface area contributed by atoms with Crippen molar-refractivity contribution < 1.29 is 4.79 Å². The van der Waals surface area contributed by atoms with Crippen LogP contribution in [0.4, 0.5) is 4.79 Å². The molecule has 2 N–H and O–H groups in total. The molecule has 1 aromatic heterocycles. The first-order valence-corrected chi connectivity index (χ1v) is 6.77. The molecule has 1 amide bonds. The summed E-state index contributed by atoms with van der Waals surface area (Å²) < 4.78 is 1.52. The normalized spacial score (nSPS) is 10.5. The van der Waals surface area contributed by atoms with Gasteiger partial charge in [-0.1, -0.05) is 30.3 Å². The average molecular weight is 272 g/mol. The smallest absolute Gasteiger partial charge is 0.329 e. The zero-order valence-corrected chi connectivity index (χ0v) is 11.7. The van der Waals surface area contributed by atoms with Crippen molar-refractivity contribution in [2.45, 2.75) is 12.8 Å². The number of imidazole rings is 1. The summed E-state index contributed by atoms with van der Waals surface area (Å²) in [5.41, 5.74) is 7.26. The molecule has 106 valence electrons. The molecule has 5 nitrogen and oxygen atoms in total. The summed E-state index contributed by atoms with van der Waals surface area (Å²) in [5, 5.41) is 0. The number of amides is 1. The fraction of sp³-hybridized carbons (Fsp3) is 0.333. The topological polar surface area (TPSA) is 64.2 Å². The summed E-state index contributed by atoms with van der Waals surface area (Å²) in [6.45, 7) is 1.36. The molecule has 0 aliphatic carbocycles. The molecule has 0 radical (unpaired) electrons. The molecule has 1 heterocycles. The van der Waals surface area contributed by atoms with Crippen molar-refractivity contribution in [1.82, 2.24) is 14.5 Å². The molecule has 1 aromatic carbocycles. The largest absolute Gasteiger partial charge is 0.330 e. The van der Waals surface area contributed by atoms with Gasteiger partial charge in [0.1, 0.15) is 6.33 Å². The van der Waals surface area contributed by atoms with Gasteiger partial charge in [-0.15, -0.1) is 0 Å². The van der Waals surface area contributed by atoms with Crippen LogP contribution in [0.2, 0.25) is 0 Å². The molecule has 0 saturated heterocycles. The molecule has 0 bridgehead atoms. The maximum absolute atomic E-state index is 12.2. The van der Waals surface area contributed by atoms with Gasteiger partial charge in [-0.05, 0) is 19.4 Å². The second-order valence-corrected chi connectivity index (χ2v) is 4.73. The standard InChI is InChI=1S/C15H20N4O/c1-18(10-6-5-9-16)15(20)19-11-14(17-12-19)13-7-3-2-4-8-13/h2-4,7-8,11-12H,5-6,9-10,16H2,1H3. The van der Waals surface area contributed by atoms with Gasteiger partial charge in [-0.2, -0.15) is 0 Å². The second kappa shape index (κ2) is 6.86. The lowest BCUT2D eigenvalue weighted by molar-refractivity contribution is 0.209. The number of carbonyl (C=O) groups is 1. The number of nitrogens with two attached hydrogens (primary N) is 1. The summed E-state index contributed by atoms with van der Waals surface area (Å²) in [6, 6.07) is 9.74. The third-order valence-corrected chi connectivity index (χ3v) is 3.15. The van der Waals surface area contributed by atoms with Crippen LogP contribution in [0.1, 0.15) is 12.8 Å². The highest BCUT2D eigenvalue weighted by atomic mass is 16.2. The highest BCUT2D eigenvalue weighted by Crippen LogP contribution is 2.16. The minimum absolute atomic E-state index is 0.0725. The Morgan fingerprint density at radius 1 is 1.30 bits per heavy atom. The average Bonchev–Trinajstić information content (AvgIpc) is 2.97. The summed E-state index contributed by atoms with van der Waals surface area (Å²) in [4.78, 5) is 18.2. The Bertz CT molecular complexity index is 550. The molecule has 2 aromatic rings. The first kappa shape index (κ1) is 14.3. The van der Waals surface area contributed by atoms with Crippen molar-refractivity contribution in [3.63, 3.8) is 0 Å². The minimum atomic E-state index is -0.0725. The molecule has 0 spiro atoms. The fourth-order valence-electron chi connectivity index (χ4n) is 1.97. The van der Waals surface area contributed by atoms with E-state index in [4.69, 9.17) is 5.73 Å². The SMILES string of the molecule is CN(CCCCN)C(=O)n1cnc(-c2ccccc2)c1. The van der Waals surface area contributed by atoms with Gasteiger partial charge in [0, 0.05) is 25.4 Å². The van der Waals surface area contributed by atoms with Gasteiger partial charge in [0.15, 0.2) is 0 Å². The quantitative estimate of drug-likeness (QED) is 0.849. The van der Waals surface area contributed by atoms with Crippen molar-refractivity contribution in [3.8, 4) is 11.3 Å². The predicted molar refractivity (Wildman–Crippen MR) is 79.4 cm³/mol. The van der Waals surface area contributed by atoms with Gasteiger partial charge in [-0.3, -0.25) is 4.57 Å². The Hall–Kier alpha value is -2.14. The number of carbonyl (C=O) groups excluding carboxylic acids is 1. The van der Waals surface area contributed by atoms with Gasteiger partial charge in [-0.25, -0.2) is 9.78 Å². The number of hydrogen-bond acceptors (Lipinski definition) is 3. The second-order valence-electron chi connectivity index (χ2n) is 4.73. The van der Waals surface area contributed by atoms with E-state index in [2.05, 4.69) is 4.98 Å². The Kier molecular flexibility index (Phi) is 4.90. The molecular formula is C15H20N4O. The Morgan fingerprint density at radius 2 is 2.05 bits per heavy atom. The molecule has 20 heavy (non-hydrogen) atoms. The van der Waals surface area contributed by atoms with Gasteiger partial charge >= 0.3 is 6.03 Å². The lowest BCUT2D eigenvalue weighted by Gasteiger charge is -2.16. The van der Waals surface area contributed by atoms with Crippen LogP contribution < -0.4 is 5.73 Å². The van der Waals surface area contributed by atoms with Crippen LogP contribution >= 0.6 is 0 Å². The van der Waals surface area contributed by atoms with Gasteiger partial charge in [0.05, 0.1) is 5.69 Å². The van der Waals surface area contributed by atoms with E-state index in [1.165, 1.54) is 4.57 Å². The third kappa shape index (κ3) is 3.45. The molecular weight excluding hydrogens is 252 g/mol. The monoisotopic (exact) mass is 272 g/mol. The molecule has 0 saturated carbocycles. The molecule has 0 aliphatic rings. The van der Waals surface area contributed by atoms with Crippen LogP contribution in [-0.4, -0.2) is 40.6 Å². The van der Waals surface area contributed by atoms with Crippen LogP contribution in [-0.2, 0) is 0 Å². The van der Waals surface area contributed by atoms with Crippen molar-refractivity contribution in [2.75, 3.05) is 20.1 Å². The highest BCUT2D eigenvalue weighted by Gasteiger charge is 2.12. The summed E-state index contributed by atoms with van der Waals surface area (Å²) >= 11 is 0. The van der Waals surface area contributed by atoms with Crippen LogP contribution in [0.3, 0.4) is 0 Å². The molecule has 5 heteroatoms. The van der Waals surface area contributed by atoms with Crippen LogP contribution in [0.15, 0.2) is 42.9 Å². The molecule has 2 rings (SSSR count). The van der Waals surface area contributed by atoms with E-state index in [1.54, 1.807) is 24.5 Å². The van der Waals surface area contributed by atoms with Gasteiger partial charge in [0.25, 0.3) is 0 Å². The Morgan fingerprint density at radius 3 is 2.75 bits per heavy atom. The minimum Gasteiger partial charge on any atom is -0.330 e. The van der Waals surface area contributed by atoms with Crippen molar-refractivity contribution in [1.29, 1.82) is 0 Å². The van der Waals surface area contributed by atoms with E-state index >= 15 is 0 Å². The van der Waals surface area contributed by atoms with Gasteiger partial charge < -0.3 is 10.6 Å². The number of nitrogens with zero attached hydrogens (tertiary/aromatic N) is 3. The number of benzene rings is 1. The highest BCUT2D eigenvalue weighted by molar-refractivity contribution is 5.77. The lowest BCUT2D eigenvalue weighted by Crippen LogP contribution is -2.31.